The van der Waals surface area contributed by atoms with Crippen molar-refractivity contribution in [3.05, 3.63) is 75.8 Å². The Labute approximate surface area is 207 Å². The molecule has 0 saturated carbocycles. The number of fused-ring (bicyclic) bond motifs is 5. The zero-order chi connectivity index (χ0) is 25.1. The van der Waals surface area contributed by atoms with E-state index < -0.39 is 34.6 Å². The van der Waals surface area contributed by atoms with E-state index in [9.17, 15) is 24.5 Å². The fourth-order valence-electron chi connectivity index (χ4n) is 6.27. The van der Waals surface area contributed by atoms with Gasteiger partial charge in [0.1, 0.15) is 6.04 Å². The maximum absolute atomic E-state index is 14.0. The number of ether oxygens (including phenoxy) is 1. The molecule has 6 rings (SSSR count). The molecule has 5 atom stereocenters. The first-order valence-corrected chi connectivity index (χ1v) is 12.2. The highest BCUT2D eigenvalue weighted by atomic mass is 16.6. The van der Waals surface area contributed by atoms with E-state index in [0.29, 0.717) is 6.61 Å². The molecule has 3 saturated heterocycles. The van der Waals surface area contributed by atoms with Crippen molar-refractivity contribution in [2.75, 3.05) is 18.1 Å². The van der Waals surface area contributed by atoms with Gasteiger partial charge in [-0.25, -0.2) is 0 Å². The van der Waals surface area contributed by atoms with E-state index in [-0.39, 0.29) is 35.7 Å². The molecule has 0 aliphatic carbocycles. The third-order valence-electron chi connectivity index (χ3n) is 7.87. The van der Waals surface area contributed by atoms with Gasteiger partial charge in [-0.05, 0) is 31.4 Å². The van der Waals surface area contributed by atoms with Crippen molar-refractivity contribution in [3.8, 4) is 0 Å². The summed E-state index contributed by atoms with van der Waals surface area (Å²) in [7, 11) is 0. The third kappa shape index (κ3) is 3.30. The summed E-state index contributed by atoms with van der Waals surface area (Å²) in [6.07, 6.45) is 3.45. The monoisotopic (exact) mass is 487 g/mol. The number of hydrogen-bond donors (Lipinski definition) is 0. The number of nitro groups is 1. The number of nitro benzene ring substituents is 1. The van der Waals surface area contributed by atoms with Crippen LogP contribution in [0, 0.1) is 22.0 Å². The van der Waals surface area contributed by atoms with Crippen molar-refractivity contribution < 1.29 is 24.0 Å². The lowest BCUT2D eigenvalue weighted by Gasteiger charge is -2.38. The van der Waals surface area contributed by atoms with E-state index in [1.807, 2.05) is 42.2 Å². The van der Waals surface area contributed by atoms with Crippen LogP contribution < -0.4 is 4.90 Å². The second-order valence-corrected chi connectivity index (χ2v) is 9.85. The van der Waals surface area contributed by atoms with E-state index in [0.717, 1.165) is 29.7 Å². The fourth-order valence-corrected chi connectivity index (χ4v) is 6.27. The Morgan fingerprint density at radius 3 is 2.64 bits per heavy atom. The number of rotatable bonds is 5. The molecular formula is C27H25N3O6. The maximum Gasteiger partial charge on any atom is 0.270 e. The smallest absolute Gasteiger partial charge is 0.270 e. The molecule has 9 heteroatoms. The molecule has 0 aromatic heterocycles. The zero-order valence-electron chi connectivity index (χ0n) is 19.7. The van der Waals surface area contributed by atoms with Crippen molar-refractivity contribution in [3.63, 3.8) is 0 Å². The standard InChI is InChI=1S/C27H25N3O6/c1-15-12-21-22-23(27(33)28(26(22)32)14-18-8-5-11-36-18)24(29(21)20-10-3-2-9-19(15)20)25(31)16-6-4-7-17(13-16)30(34)35/h2-4,6-7,9-10,12-13,18,21-24H,5,8,11,14H2,1H3/t18-,21-,22+,23-,24+/m0/s1. The zero-order valence-corrected chi connectivity index (χ0v) is 19.7. The van der Waals surface area contributed by atoms with E-state index in [2.05, 4.69) is 0 Å². The van der Waals surface area contributed by atoms with Crippen molar-refractivity contribution in [2.45, 2.75) is 38.0 Å². The summed E-state index contributed by atoms with van der Waals surface area (Å²) in [4.78, 5) is 55.5. The highest BCUT2D eigenvalue weighted by molar-refractivity contribution is 6.14. The minimum atomic E-state index is -0.960. The normalized spacial score (nSPS) is 28.6. The minimum absolute atomic E-state index is 0.148. The quantitative estimate of drug-likeness (QED) is 0.276. The number of imide groups is 1. The second kappa shape index (κ2) is 8.37. The first kappa shape index (κ1) is 22.6. The number of para-hydroxylation sites is 1. The highest BCUT2D eigenvalue weighted by Crippen LogP contribution is 2.50. The van der Waals surface area contributed by atoms with Gasteiger partial charge in [0, 0.05) is 35.6 Å². The summed E-state index contributed by atoms with van der Waals surface area (Å²) in [5, 5.41) is 11.4. The number of non-ortho nitro benzene ring substituents is 1. The lowest BCUT2D eigenvalue weighted by atomic mass is 9.85. The van der Waals surface area contributed by atoms with Gasteiger partial charge >= 0.3 is 0 Å². The number of carbonyl (C=O) groups is 3. The first-order chi connectivity index (χ1) is 17.4. The lowest BCUT2D eigenvalue weighted by Crippen LogP contribution is -2.49. The molecule has 0 bridgehead atoms. The van der Waals surface area contributed by atoms with Crippen molar-refractivity contribution in [1.29, 1.82) is 0 Å². The van der Waals surface area contributed by atoms with Gasteiger partial charge in [-0.15, -0.1) is 0 Å². The van der Waals surface area contributed by atoms with Gasteiger partial charge < -0.3 is 9.64 Å². The molecule has 4 heterocycles. The number of benzene rings is 2. The molecule has 0 N–H and O–H groups in total. The highest BCUT2D eigenvalue weighted by Gasteiger charge is 2.64. The summed E-state index contributed by atoms with van der Waals surface area (Å²) in [6.45, 7) is 2.76. The van der Waals surface area contributed by atoms with E-state index >= 15 is 0 Å². The van der Waals surface area contributed by atoms with Gasteiger partial charge in [0.25, 0.3) is 5.69 Å². The van der Waals surface area contributed by atoms with Gasteiger partial charge in [-0.3, -0.25) is 29.4 Å². The summed E-state index contributed by atoms with van der Waals surface area (Å²) < 4.78 is 5.68. The van der Waals surface area contributed by atoms with Crippen molar-refractivity contribution in [2.24, 2.45) is 11.8 Å². The molecule has 4 aliphatic heterocycles. The van der Waals surface area contributed by atoms with Crippen LogP contribution in [0.15, 0.2) is 54.6 Å². The summed E-state index contributed by atoms with van der Waals surface area (Å²) >= 11 is 0. The second-order valence-electron chi connectivity index (χ2n) is 9.85. The molecule has 9 nitrogen and oxygen atoms in total. The molecule has 36 heavy (non-hydrogen) atoms. The molecule has 184 valence electrons. The summed E-state index contributed by atoms with van der Waals surface area (Å²) in [5.74, 6) is -2.66. The topological polar surface area (TPSA) is 110 Å². The number of anilines is 1. The van der Waals surface area contributed by atoms with Gasteiger partial charge in [0.15, 0.2) is 5.78 Å². The number of amides is 2. The predicted octanol–water partition coefficient (Wildman–Crippen LogP) is 3.23. The molecular weight excluding hydrogens is 462 g/mol. The van der Waals surface area contributed by atoms with Crippen molar-refractivity contribution in [1.82, 2.24) is 4.90 Å². The van der Waals surface area contributed by atoms with E-state index in [1.54, 1.807) is 0 Å². The van der Waals surface area contributed by atoms with E-state index in [4.69, 9.17) is 4.74 Å². The molecule has 3 fully saturated rings. The first-order valence-electron chi connectivity index (χ1n) is 12.2. The molecule has 0 spiro atoms. The van der Waals surface area contributed by atoms with Gasteiger partial charge in [0.2, 0.25) is 11.8 Å². The van der Waals surface area contributed by atoms with Gasteiger partial charge in [-0.1, -0.05) is 36.4 Å². The van der Waals surface area contributed by atoms with Crippen molar-refractivity contribution >= 4 is 34.5 Å². The van der Waals surface area contributed by atoms with Gasteiger partial charge in [0.05, 0.1) is 35.4 Å². The van der Waals surface area contributed by atoms with Crippen LogP contribution in [-0.4, -0.2) is 58.8 Å². The fraction of sp³-hybridized carbons (Fsp3) is 0.370. The lowest BCUT2D eigenvalue weighted by molar-refractivity contribution is -0.384. The Bertz CT molecular complexity index is 1330. The maximum atomic E-state index is 14.0. The summed E-state index contributed by atoms with van der Waals surface area (Å²) in [6, 6.07) is 11.8. The Hall–Kier alpha value is -3.85. The SMILES string of the molecule is CC1=C[C@H]2[C@H]3C(=O)N(C[C@@H]4CCCO4)C(=O)[C@@H]3[C@H](C(=O)c3cccc([N+](=O)[O-])c3)N2c2ccccc21. The molecule has 2 aromatic carbocycles. The van der Waals surface area contributed by atoms with Crippen LogP contribution in [0.4, 0.5) is 11.4 Å². The average Bonchev–Trinajstić information content (AvgIpc) is 3.57. The summed E-state index contributed by atoms with van der Waals surface area (Å²) in [5.41, 5.74) is 2.64. The number of allylic oxidation sites excluding steroid dienone is 1. The van der Waals surface area contributed by atoms with Crippen LogP contribution >= 0.6 is 0 Å². The number of nitrogens with zero attached hydrogens (tertiary/aromatic N) is 3. The Balaban J connectivity index is 1.46. The van der Waals surface area contributed by atoms with Crippen LogP contribution in [0.25, 0.3) is 5.57 Å². The van der Waals surface area contributed by atoms with Crippen LogP contribution in [0.5, 0.6) is 0 Å². The number of ketones is 1. The third-order valence-corrected chi connectivity index (χ3v) is 7.87. The predicted molar refractivity (Wildman–Crippen MR) is 130 cm³/mol. The Morgan fingerprint density at radius 1 is 1.11 bits per heavy atom. The number of Topliss-reactive ketones (excluding diaryl/α,β-unsaturated/α-hetero) is 1. The molecule has 2 aromatic rings. The van der Waals surface area contributed by atoms with Crippen LogP contribution in [0.1, 0.15) is 35.7 Å². The molecule has 0 unspecified atom stereocenters. The Morgan fingerprint density at radius 2 is 1.89 bits per heavy atom. The number of carbonyl (C=O) groups excluding carboxylic acids is 3. The Kier molecular flexibility index (Phi) is 5.26. The number of hydrogen-bond acceptors (Lipinski definition) is 7. The molecule has 4 aliphatic rings. The van der Waals surface area contributed by atoms with Gasteiger partial charge in [-0.2, -0.15) is 0 Å². The molecule has 0 radical (unpaired) electrons. The van der Waals surface area contributed by atoms with E-state index in [1.165, 1.54) is 29.2 Å². The largest absolute Gasteiger partial charge is 0.376 e. The minimum Gasteiger partial charge on any atom is -0.376 e. The molecule has 2 amide bonds. The van der Waals surface area contributed by atoms with Crippen LogP contribution in [-0.2, 0) is 14.3 Å². The van der Waals surface area contributed by atoms with Crippen LogP contribution in [0.3, 0.4) is 0 Å². The number of likely N-dealkylation sites (tertiary alicyclic amines) is 1. The van der Waals surface area contributed by atoms with Crippen LogP contribution in [0.2, 0.25) is 0 Å². The average molecular weight is 488 g/mol.